The summed E-state index contributed by atoms with van der Waals surface area (Å²) in [7, 11) is 1.53. The summed E-state index contributed by atoms with van der Waals surface area (Å²) in [4.78, 5) is 24.5. The molecule has 1 N–H and O–H groups in total. The second-order valence-corrected chi connectivity index (χ2v) is 6.03. The third-order valence-electron chi connectivity index (χ3n) is 4.03. The fourth-order valence-electron chi connectivity index (χ4n) is 2.38. The van der Waals surface area contributed by atoms with Crippen LogP contribution in [0.25, 0.3) is 6.08 Å². The highest BCUT2D eigenvalue weighted by Gasteiger charge is 2.20. The van der Waals surface area contributed by atoms with Gasteiger partial charge in [-0.15, -0.1) is 0 Å². The van der Waals surface area contributed by atoms with Crippen molar-refractivity contribution >= 4 is 23.6 Å². The lowest BCUT2D eigenvalue weighted by Crippen LogP contribution is -2.30. The zero-order valence-corrected chi connectivity index (χ0v) is 16.1. The number of hydrogen-bond acceptors (Lipinski definition) is 5. The summed E-state index contributed by atoms with van der Waals surface area (Å²) in [6, 6.07) is 16.1. The van der Waals surface area contributed by atoms with Crippen molar-refractivity contribution in [1.29, 1.82) is 5.26 Å². The zero-order chi connectivity index (χ0) is 20.5. The van der Waals surface area contributed by atoms with E-state index in [0.717, 1.165) is 12.0 Å². The van der Waals surface area contributed by atoms with Crippen molar-refractivity contribution in [1.82, 2.24) is 0 Å². The molecule has 0 aliphatic heterocycles. The van der Waals surface area contributed by atoms with Gasteiger partial charge in [0.1, 0.15) is 17.4 Å². The van der Waals surface area contributed by atoms with E-state index in [1.807, 2.05) is 25.1 Å². The number of aryl methyl sites for hydroxylation is 1. The number of nitrogens with one attached hydrogen (secondary N) is 1. The van der Waals surface area contributed by atoms with E-state index < -0.39 is 18.0 Å². The Balaban J connectivity index is 2.02. The van der Waals surface area contributed by atoms with Crippen LogP contribution in [0, 0.1) is 11.3 Å². The van der Waals surface area contributed by atoms with Gasteiger partial charge in [-0.05, 0) is 54.8 Å². The van der Waals surface area contributed by atoms with Gasteiger partial charge < -0.3 is 14.8 Å². The van der Waals surface area contributed by atoms with E-state index >= 15 is 0 Å². The van der Waals surface area contributed by atoms with Crippen molar-refractivity contribution in [3.05, 3.63) is 65.2 Å². The van der Waals surface area contributed by atoms with Gasteiger partial charge in [0.05, 0.1) is 7.11 Å². The molecule has 1 atom stereocenters. The molecule has 0 fully saturated rings. The molecular formula is C22H22N2O4. The van der Waals surface area contributed by atoms with Gasteiger partial charge in [-0.3, -0.25) is 4.79 Å². The molecule has 0 aromatic heterocycles. The molecule has 0 saturated carbocycles. The van der Waals surface area contributed by atoms with Gasteiger partial charge in [-0.1, -0.05) is 31.2 Å². The van der Waals surface area contributed by atoms with E-state index in [1.54, 1.807) is 36.4 Å². The van der Waals surface area contributed by atoms with Crippen molar-refractivity contribution < 1.29 is 19.1 Å². The molecule has 28 heavy (non-hydrogen) atoms. The second-order valence-electron chi connectivity index (χ2n) is 6.03. The van der Waals surface area contributed by atoms with Crippen molar-refractivity contribution in [2.75, 3.05) is 12.4 Å². The summed E-state index contributed by atoms with van der Waals surface area (Å²) in [6.45, 7) is 3.50. The lowest BCUT2D eigenvalue weighted by Gasteiger charge is -2.13. The summed E-state index contributed by atoms with van der Waals surface area (Å²) in [5, 5.41) is 12.0. The number of benzene rings is 2. The molecule has 2 aromatic rings. The van der Waals surface area contributed by atoms with Crippen LogP contribution in [0.2, 0.25) is 0 Å². The first-order chi connectivity index (χ1) is 13.5. The van der Waals surface area contributed by atoms with E-state index in [9.17, 15) is 14.9 Å². The second kappa shape index (κ2) is 9.93. The number of methoxy groups -OCH3 is 1. The summed E-state index contributed by atoms with van der Waals surface area (Å²) >= 11 is 0. The van der Waals surface area contributed by atoms with Crippen molar-refractivity contribution in [3.8, 4) is 11.8 Å². The molecule has 2 aromatic carbocycles. The molecule has 0 heterocycles. The van der Waals surface area contributed by atoms with Crippen LogP contribution in [-0.4, -0.2) is 25.1 Å². The highest BCUT2D eigenvalue weighted by molar-refractivity contribution is 6.01. The van der Waals surface area contributed by atoms with E-state index in [4.69, 9.17) is 9.47 Å². The molecule has 0 unspecified atom stereocenters. The van der Waals surface area contributed by atoms with Gasteiger partial charge in [0.2, 0.25) is 0 Å². The Morgan fingerprint density at radius 2 is 1.93 bits per heavy atom. The first-order valence-electron chi connectivity index (χ1n) is 8.83. The lowest BCUT2D eigenvalue weighted by atomic mass is 10.1. The van der Waals surface area contributed by atoms with Crippen LogP contribution < -0.4 is 10.1 Å². The van der Waals surface area contributed by atoms with E-state index in [-0.39, 0.29) is 5.57 Å². The minimum atomic E-state index is -1.06. The number of rotatable bonds is 7. The molecular weight excluding hydrogens is 356 g/mol. The molecule has 6 heteroatoms. The molecule has 1 amide bonds. The molecule has 0 bridgehead atoms. The average molecular weight is 378 g/mol. The SMILES string of the molecule is CCc1ccc(NC(=O)[C@H](C)OC(=O)/C(C#N)=C/c2cccc(OC)c2)cc1. The predicted octanol–water partition coefficient (Wildman–Crippen LogP) is 3.73. The van der Waals surface area contributed by atoms with Crippen molar-refractivity contribution in [3.63, 3.8) is 0 Å². The zero-order valence-electron chi connectivity index (χ0n) is 16.1. The van der Waals surface area contributed by atoms with Crippen molar-refractivity contribution in [2.45, 2.75) is 26.4 Å². The van der Waals surface area contributed by atoms with Crippen LogP contribution in [0.15, 0.2) is 54.1 Å². The number of hydrogen-bond donors (Lipinski definition) is 1. The average Bonchev–Trinajstić information content (AvgIpc) is 2.72. The summed E-state index contributed by atoms with van der Waals surface area (Å²) in [5.74, 6) is -0.744. The molecule has 0 aliphatic rings. The number of ether oxygens (including phenoxy) is 2. The fraction of sp³-hybridized carbons (Fsp3) is 0.227. The quantitative estimate of drug-likeness (QED) is 0.450. The third-order valence-corrected chi connectivity index (χ3v) is 4.03. The van der Waals surface area contributed by atoms with Gasteiger partial charge in [0.25, 0.3) is 5.91 Å². The number of carbonyl (C=O) groups is 2. The Hall–Kier alpha value is -3.59. The van der Waals surface area contributed by atoms with Crippen molar-refractivity contribution in [2.24, 2.45) is 0 Å². The van der Waals surface area contributed by atoms with Gasteiger partial charge in [-0.2, -0.15) is 5.26 Å². The minimum absolute atomic E-state index is 0.208. The summed E-state index contributed by atoms with van der Waals surface area (Å²) < 4.78 is 10.3. The Morgan fingerprint density at radius 3 is 2.54 bits per heavy atom. The molecule has 0 aliphatic carbocycles. The van der Waals surface area contributed by atoms with E-state index in [1.165, 1.54) is 20.1 Å². The largest absolute Gasteiger partial charge is 0.497 e. The number of nitriles is 1. The first kappa shape index (κ1) is 20.7. The Labute approximate surface area is 164 Å². The lowest BCUT2D eigenvalue weighted by molar-refractivity contribution is -0.148. The standard InChI is InChI=1S/C22H22N2O4/c1-4-16-8-10-19(11-9-16)24-21(25)15(2)28-22(26)18(14-23)12-17-6-5-7-20(13-17)27-3/h5-13,15H,4H2,1-3H3,(H,24,25)/b18-12+/t15-/m0/s1. The van der Waals surface area contributed by atoms with Gasteiger partial charge >= 0.3 is 5.97 Å². The van der Waals surface area contributed by atoms with Gasteiger partial charge in [-0.25, -0.2) is 4.79 Å². The number of anilines is 1. The highest BCUT2D eigenvalue weighted by atomic mass is 16.5. The Morgan fingerprint density at radius 1 is 1.21 bits per heavy atom. The molecule has 0 spiro atoms. The topological polar surface area (TPSA) is 88.4 Å². The first-order valence-corrected chi connectivity index (χ1v) is 8.83. The fourth-order valence-corrected chi connectivity index (χ4v) is 2.38. The molecule has 144 valence electrons. The predicted molar refractivity (Wildman–Crippen MR) is 107 cm³/mol. The van der Waals surface area contributed by atoms with E-state index in [2.05, 4.69) is 5.32 Å². The maximum atomic E-state index is 12.3. The monoisotopic (exact) mass is 378 g/mol. The minimum Gasteiger partial charge on any atom is -0.497 e. The van der Waals surface area contributed by atoms with Gasteiger partial charge in [0.15, 0.2) is 6.10 Å². The summed E-state index contributed by atoms with van der Waals surface area (Å²) in [5.41, 5.74) is 2.16. The van der Waals surface area contributed by atoms with Crippen LogP contribution in [0.5, 0.6) is 5.75 Å². The molecule has 2 rings (SSSR count). The molecule has 0 saturated heterocycles. The van der Waals surface area contributed by atoms with Crippen LogP contribution in [0.4, 0.5) is 5.69 Å². The number of carbonyl (C=O) groups excluding carboxylic acids is 2. The van der Waals surface area contributed by atoms with Crippen LogP contribution in [0.1, 0.15) is 25.0 Å². The Kier molecular flexibility index (Phi) is 7.35. The molecule has 0 radical (unpaired) electrons. The van der Waals surface area contributed by atoms with E-state index in [0.29, 0.717) is 17.0 Å². The maximum absolute atomic E-state index is 12.3. The maximum Gasteiger partial charge on any atom is 0.349 e. The number of nitrogens with zero attached hydrogens (tertiary/aromatic N) is 1. The van der Waals surface area contributed by atoms with Gasteiger partial charge in [0, 0.05) is 5.69 Å². The summed E-state index contributed by atoms with van der Waals surface area (Å²) in [6.07, 6.45) is 1.23. The Bertz CT molecular complexity index is 911. The van der Waals surface area contributed by atoms with Crippen LogP contribution in [0.3, 0.4) is 0 Å². The van der Waals surface area contributed by atoms with Crippen LogP contribution in [-0.2, 0) is 20.7 Å². The number of esters is 1. The normalized spacial score (nSPS) is 11.9. The van der Waals surface area contributed by atoms with Crippen LogP contribution >= 0.6 is 0 Å². The smallest absolute Gasteiger partial charge is 0.349 e. The number of amides is 1. The highest BCUT2D eigenvalue weighted by Crippen LogP contribution is 2.16. The molecule has 6 nitrogen and oxygen atoms in total. The third kappa shape index (κ3) is 5.71.